The van der Waals surface area contributed by atoms with Gasteiger partial charge in [-0.3, -0.25) is 4.79 Å². The third kappa shape index (κ3) is 15.1. The molecule has 0 radical (unpaired) electrons. The van der Waals surface area contributed by atoms with Crippen molar-refractivity contribution in [2.75, 3.05) is 14.2 Å². The summed E-state index contributed by atoms with van der Waals surface area (Å²) >= 11 is 0. The summed E-state index contributed by atoms with van der Waals surface area (Å²) in [7, 11) is 2.31. The van der Waals surface area contributed by atoms with Crippen LogP contribution in [0.15, 0.2) is 60.7 Å². The number of hydrogen-bond acceptors (Lipinski definition) is 9. The molecule has 0 bridgehead atoms. The van der Waals surface area contributed by atoms with Crippen LogP contribution in [-0.4, -0.2) is 62.1 Å². The Balaban J connectivity index is 0.000000256. The fourth-order valence-corrected chi connectivity index (χ4v) is 4.57. The first-order valence-corrected chi connectivity index (χ1v) is 15.5. The van der Waals surface area contributed by atoms with Gasteiger partial charge in [0.25, 0.3) is 5.92 Å². The average Bonchev–Trinajstić information content (AvgIpc) is 4.01. The van der Waals surface area contributed by atoms with Crippen LogP contribution < -0.4 is 10.6 Å². The number of nitrogens with one attached hydrogen (secondary N) is 2. The number of ether oxygens (including phenoxy) is 4. The monoisotopic (exact) mass is 660 g/mol. The minimum Gasteiger partial charge on any atom is -0.467 e. The molecule has 2 fully saturated rings. The first-order valence-electron chi connectivity index (χ1n) is 15.5. The van der Waals surface area contributed by atoms with E-state index in [1.165, 1.54) is 7.11 Å². The van der Waals surface area contributed by atoms with E-state index in [1.807, 2.05) is 36.4 Å². The zero-order chi connectivity index (χ0) is 34.2. The summed E-state index contributed by atoms with van der Waals surface area (Å²) in [5, 5.41) is 4.58. The second-order valence-electron chi connectivity index (χ2n) is 11.7. The van der Waals surface area contributed by atoms with Gasteiger partial charge in [0.05, 0.1) is 14.2 Å². The van der Waals surface area contributed by atoms with Crippen LogP contribution in [0.5, 0.6) is 0 Å². The maximum absolute atomic E-state index is 14.0. The van der Waals surface area contributed by atoms with E-state index in [-0.39, 0.29) is 37.8 Å². The number of carbonyl (C=O) groups excluding carboxylic acids is 5. The van der Waals surface area contributed by atoms with Gasteiger partial charge in [-0.1, -0.05) is 60.7 Å². The normalized spacial score (nSPS) is 15.1. The predicted octanol–water partition coefficient (Wildman–Crippen LogP) is 5.49. The molecule has 2 atom stereocenters. The molecule has 0 aromatic heterocycles. The average molecular weight is 661 g/mol. The standard InChI is InChI=1S/C17H21F2NO4.C17H21NO5/c1-23-15(21)14(10-17(18,19)9-12-7-8-12)20-16(22)24-11-13-5-3-2-4-6-13;1-22-16(20)15(10-14(19)9-12-7-8-12)18-17(21)23-11-13-5-3-2-4-6-13/h2-6,12,14H,7-11H2,1H3,(H,20,22);2-6,12,15H,7-11H2,1H3,(H,18,21)/t14-;15-/m00/s1. The van der Waals surface area contributed by atoms with Crippen LogP contribution in [0.3, 0.4) is 0 Å². The number of alkyl halides is 2. The lowest BCUT2D eigenvalue weighted by atomic mass is 10.0. The molecule has 0 unspecified atom stereocenters. The van der Waals surface area contributed by atoms with Crippen molar-refractivity contribution in [3.63, 3.8) is 0 Å². The number of carbonyl (C=O) groups is 5. The Labute approximate surface area is 272 Å². The fourth-order valence-electron chi connectivity index (χ4n) is 4.57. The summed E-state index contributed by atoms with van der Waals surface area (Å²) in [5.74, 6) is -4.21. The summed E-state index contributed by atoms with van der Waals surface area (Å²) in [6.45, 7) is 0.0790. The van der Waals surface area contributed by atoms with E-state index in [0.717, 1.165) is 43.9 Å². The molecule has 0 heterocycles. The van der Waals surface area contributed by atoms with Gasteiger partial charge >= 0.3 is 24.1 Å². The van der Waals surface area contributed by atoms with Gasteiger partial charge in [-0.05, 0) is 48.6 Å². The molecule has 2 aliphatic carbocycles. The molecular weight excluding hydrogens is 618 g/mol. The minimum atomic E-state index is -3.03. The molecule has 0 saturated heterocycles. The predicted molar refractivity (Wildman–Crippen MR) is 165 cm³/mol. The number of ketones is 1. The Morgan fingerprint density at radius 1 is 0.723 bits per heavy atom. The number of amides is 2. The second-order valence-corrected chi connectivity index (χ2v) is 11.7. The molecule has 4 rings (SSSR count). The van der Waals surface area contributed by atoms with Gasteiger partial charge < -0.3 is 29.6 Å². The van der Waals surface area contributed by atoms with E-state index in [4.69, 9.17) is 9.47 Å². The number of halogens is 2. The van der Waals surface area contributed by atoms with Gasteiger partial charge in [-0.15, -0.1) is 0 Å². The third-order valence-corrected chi connectivity index (χ3v) is 7.41. The van der Waals surface area contributed by atoms with Crippen LogP contribution >= 0.6 is 0 Å². The van der Waals surface area contributed by atoms with Crippen LogP contribution in [0, 0.1) is 11.8 Å². The smallest absolute Gasteiger partial charge is 0.408 e. The number of alkyl carbamates (subject to hydrolysis) is 2. The van der Waals surface area contributed by atoms with Gasteiger partial charge in [-0.25, -0.2) is 28.0 Å². The van der Waals surface area contributed by atoms with Crippen LogP contribution in [0.2, 0.25) is 0 Å². The molecule has 2 aromatic rings. The van der Waals surface area contributed by atoms with Crippen LogP contribution in [0.1, 0.15) is 62.5 Å². The quantitative estimate of drug-likeness (QED) is 0.176. The van der Waals surface area contributed by atoms with Crippen LogP contribution in [0.25, 0.3) is 0 Å². The highest BCUT2D eigenvalue weighted by Crippen LogP contribution is 2.41. The van der Waals surface area contributed by atoms with Gasteiger partial charge in [0, 0.05) is 25.7 Å². The molecule has 2 aromatic carbocycles. The Bertz CT molecular complexity index is 1320. The lowest BCUT2D eigenvalue weighted by Crippen LogP contribution is -2.45. The largest absolute Gasteiger partial charge is 0.467 e. The minimum absolute atomic E-state index is 0.00308. The Hall–Kier alpha value is -4.55. The fraction of sp³-hybridized carbons (Fsp3) is 0.500. The zero-order valence-electron chi connectivity index (χ0n) is 26.6. The highest BCUT2D eigenvalue weighted by molar-refractivity contribution is 5.89. The molecular formula is C34H42F2N2O9. The van der Waals surface area contributed by atoms with E-state index < -0.39 is 48.6 Å². The maximum atomic E-state index is 14.0. The molecule has 2 aliphatic rings. The van der Waals surface area contributed by atoms with Crippen molar-refractivity contribution in [1.82, 2.24) is 10.6 Å². The molecule has 2 amide bonds. The Kier molecular flexibility index (Phi) is 14.6. The second kappa shape index (κ2) is 18.6. The van der Waals surface area contributed by atoms with Crippen LogP contribution in [-0.2, 0) is 46.5 Å². The van der Waals surface area contributed by atoms with E-state index in [2.05, 4.69) is 20.1 Å². The summed E-state index contributed by atoms with van der Waals surface area (Å²) in [4.78, 5) is 58.9. The highest BCUT2D eigenvalue weighted by atomic mass is 19.3. The Morgan fingerprint density at radius 3 is 1.62 bits per heavy atom. The summed E-state index contributed by atoms with van der Waals surface area (Å²) in [5.41, 5.74) is 1.59. The van der Waals surface area contributed by atoms with Gasteiger partial charge in [-0.2, -0.15) is 0 Å². The molecule has 47 heavy (non-hydrogen) atoms. The first-order chi connectivity index (χ1) is 22.5. The number of rotatable bonds is 16. The molecule has 2 N–H and O–H groups in total. The van der Waals surface area contributed by atoms with Crippen molar-refractivity contribution in [1.29, 1.82) is 0 Å². The molecule has 0 aliphatic heterocycles. The van der Waals surface area contributed by atoms with Crippen molar-refractivity contribution >= 4 is 29.9 Å². The Morgan fingerprint density at radius 2 is 1.17 bits per heavy atom. The molecule has 13 heteroatoms. The first kappa shape index (κ1) is 36.9. The van der Waals surface area contributed by atoms with Crippen molar-refractivity contribution < 1.29 is 51.7 Å². The maximum Gasteiger partial charge on any atom is 0.408 e. The molecule has 11 nitrogen and oxygen atoms in total. The number of esters is 2. The number of methoxy groups -OCH3 is 2. The van der Waals surface area contributed by atoms with E-state index >= 15 is 0 Å². The number of Topliss-reactive ketones (excluding diaryl/α,β-unsaturated/α-hetero) is 1. The highest BCUT2D eigenvalue weighted by Gasteiger charge is 2.41. The summed E-state index contributed by atoms with van der Waals surface area (Å²) in [6, 6.07) is 15.6. The zero-order valence-corrected chi connectivity index (χ0v) is 26.6. The summed E-state index contributed by atoms with van der Waals surface area (Å²) in [6.07, 6.45) is 1.31. The van der Waals surface area contributed by atoms with Crippen molar-refractivity contribution in [3.05, 3.63) is 71.8 Å². The molecule has 2 saturated carbocycles. The number of hydrogen-bond donors (Lipinski definition) is 2. The van der Waals surface area contributed by atoms with Gasteiger partial charge in [0.15, 0.2) is 0 Å². The van der Waals surface area contributed by atoms with Gasteiger partial charge in [0.1, 0.15) is 31.1 Å². The van der Waals surface area contributed by atoms with Crippen molar-refractivity contribution in [3.8, 4) is 0 Å². The SMILES string of the molecule is COC(=O)[C@H](CC(=O)CC1CC1)NC(=O)OCc1ccccc1.COC(=O)[C@H](CC(F)(F)CC1CC1)NC(=O)OCc1ccccc1. The lowest BCUT2D eigenvalue weighted by molar-refractivity contribution is -0.146. The van der Waals surface area contributed by atoms with Crippen molar-refractivity contribution in [2.45, 2.75) is 82.6 Å². The van der Waals surface area contributed by atoms with E-state index in [0.29, 0.717) is 12.3 Å². The van der Waals surface area contributed by atoms with E-state index in [9.17, 15) is 32.8 Å². The molecule has 0 spiro atoms. The third-order valence-electron chi connectivity index (χ3n) is 7.41. The molecule has 256 valence electrons. The van der Waals surface area contributed by atoms with E-state index in [1.54, 1.807) is 24.3 Å². The summed E-state index contributed by atoms with van der Waals surface area (Å²) < 4.78 is 47.1. The lowest BCUT2D eigenvalue weighted by Gasteiger charge is -2.22. The topological polar surface area (TPSA) is 146 Å². The van der Waals surface area contributed by atoms with Crippen LogP contribution in [0.4, 0.5) is 18.4 Å². The van der Waals surface area contributed by atoms with Crippen molar-refractivity contribution in [2.24, 2.45) is 11.8 Å². The number of benzene rings is 2. The van der Waals surface area contributed by atoms with Gasteiger partial charge in [0.2, 0.25) is 0 Å².